The van der Waals surface area contributed by atoms with Gasteiger partial charge in [0.2, 0.25) is 6.10 Å². The van der Waals surface area contributed by atoms with Gasteiger partial charge in [0.25, 0.3) is 0 Å². The summed E-state index contributed by atoms with van der Waals surface area (Å²) in [7, 11) is -0.959. The van der Waals surface area contributed by atoms with Gasteiger partial charge in [0.1, 0.15) is 0 Å². The second-order valence-corrected chi connectivity index (χ2v) is 9.87. The van der Waals surface area contributed by atoms with Crippen molar-refractivity contribution in [1.82, 2.24) is 9.55 Å². The molecule has 0 amide bonds. The third-order valence-electron chi connectivity index (χ3n) is 4.81. The molecular formula is C24H37N2O8P. The van der Waals surface area contributed by atoms with Gasteiger partial charge in [0.05, 0.1) is 33.0 Å². The van der Waals surface area contributed by atoms with Crippen LogP contribution in [0.5, 0.6) is 11.5 Å². The maximum atomic E-state index is 13.4. The Labute approximate surface area is 207 Å². The third kappa shape index (κ3) is 8.07. The van der Waals surface area contributed by atoms with Crippen LogP contribution >= 0.6 is 7.82 Å². The van der Waals surface area contributed by atoms with Crippen LogP contribution in [0.25, 0.3) is 0 Å². The number of rotatable bonds is 14. The van der Waals surface area contributed by atoms with Crippen LogP contribution in [0.2, 0.25) is 0 Å². The largest absolute Gasteiger partial charge is 0.493 e. The Morgan fingerprint density at radius 1 is 1.03 bits per heavy atom. The summed E-state index contributed by atoms with van der Waals surface area (Å²) in [4.78, 5) is 17.3. The smallest absolute Gasteiger partial charge is 0.476 e. The number of phosphoric ester groups is 1. The number of esters is 1. The highest BCUT2D eigenvalue weighted by Crippen LogP contribution is 2.55. The summed E-state index contributed by atoms with van der Waals surface area (Å²) in [5.41, 5.74) is 1.79. The predicted molar refractivity (Wildman–Crippen MR) is 131 cm³/mol. The molecule has 0 fully saturated rings. The number of ether oxygens (including phenoxy) is 3. The molecule has 0 N–H and O–H groups in total. The van der Waals surface area contributed by atoms with E-state index in [1.165, 1.54) is 0 Å². The van der Waals surface area contributed by atoms with Crippen molar-refractivity contribution in [2.45, 2.75) is 72.8 Å². The van der Waals surface area contributed by atoms with Gasteiger partial charge in [-0.05, 0) is 65.7 Å². The zero-order valence-electron chi connectivity index (χ0n) is 21.8. The number of carbonyl (C=O) groups is 1. The fourth-order valence-corrected chi connectivity index (χ4v) is 5.01. The van der Waals surface area contributed by atoms with Gasteiger partial charge in [-0.2, -0.15) is 0 Å². The fraction of sp³-hybridized carbons (Fsp3) is 0.583. The monoisotopic (exact) mass is 512 g/mol. The third-order valence-corrected chi connectivity index (χ3v) is 6.64. The molecule has 0 aliphatic heterocycles. The van der Waals surface area contributed by atoms with E-state index in [9.17, 15) is 9.36 Å². The topological polar surface area (TPSA) is 107 Å². The molecule has 0 bridgehead atoms. The first-order valence-corrected chi connectivity index (χ1v) is 13.0. The zero-order valence-corrected chi connectivity index (χ0v) is 22.7. The van der Waals surface area contributed by atoms with Crippen molar-refractivity contribution in [1.29, 1.82) is 0 Å². The number of aryl methyl sites for hydroxylation is 2. The van der Waals surface area contributed by atoms with Crippen LogP contribution in [0.3, 0.4) is 0 Å². The first-order chi connectivity index (χ1) is 16.5. The summed E-state index contributed by atoms with van der Waals surface area (Å²) < 4.78 is 47.9. The summed E-state index contributed by atoms with van der Waals surface area (Å²) in [6.07, 6.45) is -0.111. The highest BCUT2D eigenvalue weighted by molar-refractivity contribution is 7.48. The summed E-state index contributed by atoms with van der Waals surface area (Å²) in [6.45, 7) is 10.9. The van der Waals surface area contributed by atoms with Crippen LogP contribution < -0.4 is 9.47 Å². The van der Waals surface area contributed by atoms with Crippen molar-refractivity contribution in [2.75, 3.05) is 20.8 Å². The van der Waals surface area contributed by atoms with Gasteiger partial charge in [-0.1, -0.05) is 6.07 Å². The number of phosphoric acid groups is 1. The van der Waals surface area contributed by atoms with Crippen molar-refractivity contribution in [3.63, 3.8) is 0 Å². The maximum absolute atomic E-state index is 13.4. The van der Waals surface area contributed by atoms with Crippen molar-refractivity contribution >= 4 is 13.8 Å². The SMILES string of the molecule is CCOC(=O)C(OP(=O)(OC(C)C)OC(C)C)c1ncc(C)n1CCc1ccc(OC)c(OC)c1. The van der Waals surface area contributed by atoms with Crippen molar-refractivity contribution in [2.24, 2.45) is 0 Å². The lowest BCUT2D eigenvalue weighted by Gasteiger charge is -2.26. The average Bonchev–Trinajstić information content (AvgIpc) is 3.14. The van der Waals surface area contributed by atoms with Gasteiger partial charge in [0, 0.05) is 18.4 Å². The maximum Gasteiger partial charge on any atom is 0.476 e. The molecule has 0 spiro atoms. The number of hydrogen-bond donors (Lipinski definition) is 0. The van der Waals surface area contributed by atoms with Crippen LogP contribution in [0.1, 0.15) is 57.8 Å². The van der Waals surface area contributed by atoms with E-state index in [0.29, 0.717) is 24.5 Å². The average molecular weight is 513 g/mol. The summed E-state index contributed by atoms with van der Waals surface area (Å²) >= 11 is 0. The highest BCUT2D eigenvalue weighted by atomic mass is 31.2. The zero-order chi connectivity index (χ0) is 26.2. The molecule has 1 atom stereocenters. The number of aromatic nitrogens is 2. The molecule has 11 heteroatoms. The molecule has 35 heavy (non-hydrogen) atoms. The van der Waals surface area contributed by atoms with Crippen molar-refractivity contribution in [3.8, 4) is 11.5 Å². The standard InChI is InChI=1S/C24H37N2O8P/c1-9-31-24(27)22(34-35(28,32-16(2)3)33-17(4)5)23-25-15-18(6)26(23)13-12-19-10-11-20(29-7)21(14-19)30-8/h10-11,14-17,22H,9,12-13H2,1-8H3. The summed E-state index contributed by atoms with van der Waals surface area (Å²) in [6, 6.07) is 5.67. The van der Waals surface area contributed by atoms with Crippen molar-refractivity contribution < 1.29 is 37.1 Å². The molecule has 1 heterocycles. The lowest BCUT2D eigenvalue weighted by atomic mass is 10.1. The van der Waals surface area contributed by atoms with Gasteiger partial charge in [-0.25, -0.2) is 14.3 Å². The van der Waals surface area contributed by atoms with Crippen molar-refractivity contribution in [3.05, 3.63) is 41.5 Å². The number of imidazole rings is 1. The Morgan fingerprint density at radius 3 is 2.20 bits per heavy atom. The molecule has 0 saturated carbocycles. The van der Waals surface area contributed by atoms with Crippen LogP contribution in [-0.2, 0) is 40.6 Å². The lowest BCUT2D eigenvalue weighted by molar-refractivity contribution is -0.154. The van der Waals surface area contributed by atoms with E-state index in [4.69, 9.17) is 27.8 Å². The Bertz CT molecular complexity index is 1010. The Balaban J connectivity index is 2.39. The molecule has 0 radical (unpaired) electrons. The molecule has 196 valence electrons. The first kappa shape index (κ1) is 28.8. The van der Waals surface area contributed by atoms with E-state index in [1.54, 1.807) is 55.0 Å². The van der Waals surface area contributed by atoms with E-state index >= 15 is 0 Å². The molecule has 1 unspecified atom stereocenters. The van der Waals surface area contributed by atoms with Gasteiger partial charge < -0.3 is 18.8 Å². The number of carbonyl (C=O) groups excluding carboxylic acids is 1. The molecule has 2 aromatic rings. The molecule has 0 saturated heterocycles. The van der Waals surface area contributed by atoms with Gasteiger partial charge in [-0.3, -0.25) is 13.6 Å². The molecule has 1 aromatic carbocycles. The van der Waals surface area contributed by atoms with Gasteiger partial charge >= 0.3 is 13.8 Å². The molecule has 10 nitrogen and oxygen atoms in total. The first-order valence-electron chi connectivity index (χ1n) is 11.6. The summed E-state index contributed by atoms with van der Waals surface area (Å²) in [5, 5.41) is 0. The predicted octanol–water partition coefficient (Wildman–Crippen LogP) is 5.03. The summed E-state index contributed by atoms with van der Waals surface area (Å²) in [5.74, 6) is 0.780. The second-order valence-electron chi connectivity index (χ2n) is 8.34. The van der Waals surface area contributed by atoms with E-state index in [2.05, 4.69) is 4.98 Å². The van der Waals surface area contributed by atoms with Crippen LogP contribution in [0.4, 0.5) is 0 Å². The normalized spacial score (nSPS) is 12.7. The van der Waals surface area contributed by atoms with E-state index in [-0.39, 0.29) is 12.4 Å². The Kier molecular flexibility index (Phi) is 10.8. The number of nitrogens with zero attached hydrogens (tertiary/aromatic N) is 2. The number of hydrogen-bond acceptors (Lipinski definition) is 9. The second kappa shape index (κ2) is 13.1. The van der Waals surface area contributed by atoms with E-state index in [0.717, 1.165) is 11.3 Å². The quantitative estimate of drug-likeness (QED) is 0.254. The van der Waals surface area contributed by atoms with Crippen LogP contribution in [0, 0.1) is 6.92 Å². The molecule has 0 aliphatic rings. The Morgan fingerprint density at radius 2 is 1.66 bits per heavy atom. The minimum atomic E-state index is -4.12. The van der Waals surface area contributed by atoms with E-state index < -0.39 is 32.1 Å². The lowest BCUT2D eigenvalue weighted by Crippen LogP contribution is -2.24. The number of methoxy groups -OCH3 is 2. The molecule has 2 rings (SSSR count). The van der Waals surface area contributed by atoms with E-state index in [1.807, 2.05) is 29.7 Å². The van der Waals surface area contributed by atoms with Gasteiger partial charge in [-0.15, -0.1) is 0 Å². The molecule has 1 aromatic heterocycles. The van der Waals surface area contributed by atoms with Crippen LogP contribution in [-0.4, -0.2) is 48.6 Å². The minimum absolute atomic E-state index is 0.115. The van der Waals surface area contributed by atoms with Gasteiger partial charge in [0.15, 0.2) is 17.3 Å². The fourth-order valence-electron chi connectivity index (χ4n) is 3.39. The molecule has 0 aliphatic carbocycles. The highest BCUT2D eigenvalue weighted by Gasteiger charge is 2.40. The number of benzene rings is 1. The molecular weight excluding hydrogens is 475 g/mol. The van der Waals surface area contributed by atoms with Crippen LogP contribution in [0.15, 0.2) is 24.4 Å². The Hall–Kier alpha value is -2.39. The minimum Gasteiger partial charge on any atom is -0.493 e.